The van der Waals surface area contributed by atoms with Crippen LogP contribution in [0.3, 0.4) is 0 Å². The molecule has 0 spiro atoms. The summed E-state index contributed by atoms with van der Waals surface area (Å²) in [6.45, 7) is 2.57. The number of aromatic amines is 1. The molecule has 1 atom stereocenters. The normalized spacial score (nSPS) is 16.9. The summed E-state index contributed by atoms with van der Waals surface area (Å²) in [7, 11) is 1.67. The molecule has 1 saturated heterocycles. The third-order valence-electron chi connectivity index (χ3n) is 5.38. The largest absolute Gasteiger partial charge is 0.497 e. The SMILES string of the molecule is COc1cccc(CN2CCCC(NC(=O)c3cn[nH]c3-c3cccc(F)c3)C2)c1. The molecular formula is C23H25FN4O2. The highest BCUT2D eigenvalue weighted by atomic mass is 19.1. The van der Waals surface area contributed by atoms with Crippen molar-refractivity contribution in [3.05, 3.63) is 71.7 Å². The van der Waals surface area contributed by atoms with Crippen LogP contribution in [0.4, 0.5) is 4.39 Å². The molecule has 4 rings (SSSR count). The number of aromatic nitrogens is 2. The highest BCUT2D eigenvalue weighted by Gasteiger charge is 2.24. The van der Waals surface area contributed by atoms with Gasteiger partial charge in [0.05, 0.1) is 24.6 Å². The molecule has 0 aliphatic carbocycles. The van der Waals surface area contributed by atoms with Crippen molar-refractivity contribution in [1.29, 1.82) is 0 Å². The van der Waals surface area contributed by atoms with Gasteiger partial charge in [0.25, 0.3) is 5.91 Å². The molecule has 1 aliphatic rings. The first-order valence-electron chi connectivity index (χ1n) is 10.1. The summed E-state index contributed by atoms with van der Waals surface area (Å²) in [5.74, 6) is 0.296. The summed E-state index contributed by atoms with van der Waals surface area (Å²) < 4.78 is 18.9. The summed E-state index contributed by atoms with van der Waals surface area (Å²) in [4.78, 5) is 15.2. The predicted molar refractivity (Wildman–Crippen MR) is 113 cm³/mol. The quantitative estimate of drug-likeness (QED) is 0.654. The highest BCUT2D eigenvalue weighted by Crippen LogP contribution is 2.23. The van der Waals surface area contributed by atoms with E-state index in [-0.39, 0.29) is 17.8 Å². The molecule has 1 aliphatic heterocycles. The van der Waals surface area contributed by atoms with E-state index in [0.717, 1.165) is 38.2 Å². The van der Waals surface area contributed by atoms with Gasteiger partial charge in [-0.15, -0.1) is 0 Å². The van der Waals surface area contributed by atoms with E-state index in [4.69, 9.17) is 4.74 Å². The number of amides is 1. The summed E-state index contributed by atoms with van der Waals surface area (Å²) >= 11 is 0. The number of hydrogen-bond donors (Lipinski definition) is 2. The fraction of sp³-hybridized carbons (Fsp3) is 0.304. The standard InChI is InChI=1S/C23H25FN4O2/c1-30-20-9-2-5-16(11-20)14-28-10-4-8-19(15-28)26-23(29)21-13-25-27-22(21)17-6-3-7-18(24)12-17/h2-3,5-7,9,11-13,19H,4,8,10,14-15H2,1H3,(H,25,27)(H,26,29). The van der Waals surface area contributed by atoms with Crippen LogP contribution in [0.25, 0.3) is 11.3 Å². The number of nitrogens with one attached hydrogen (secondary N) is 2. The van der Waals surface area contributed by atoms with Crippen LogP contribution >= 0.6 is 0 Å². The number of H-pyrrole nitrogens is 1. The van der Waals surface area contributed by atoms with Crippen molar-refractivity contribution in [3.8, 4) is 17.0 Å². The first-order valence-corrected chi connectivity index (χ1v) is 10.1. The van der Waals surface area contributed by atoms with E-state index >= 15 is 0 Å². The number of nitrogens with zero attached hydrogens (tertiary/aromatic N) is 2. The lowest BCUT2D eigenvalue weighted by atomic mass is 10.0. The van der Waals surface area contributed by atoms with E-state index in [9.17, 15) is 9.18 Å². The van der Waals surface area contributed by atoms with Gasteiger partial charge in [-0.1, -0.05) is 24.3 Å². The van der Waals surface area contributed by atoms with Crippen LogP contribution in [0.1, 0.15) is 28.8 Å². The highest BCUT2D eigenvalue weighted by molar-refractivity contribution is 5.99. The number of benzene rings is 2. The first-order chi connectivity index (χ1) is 14.6. The topological polar surface area (TPSA) is 70.2 Å². The minimum Gasteiger partial charge on any atom is -0.497 e. The fourth-order valence-corrected chi connectivity index (χ4v) is 3.93. The van der Waals surface area contributed by atoms with Crippen LogP contribution in [0.5, 0.6) is 5.75 Å². The monoisotopic (exact) mass is 408 g/mol. The van der Waals surface area contributed by atoms with Gasteiger partial charge in [0.2, 0.25) is 0 Å². The Morgan fingerprint density at radius 1 is 1.30 bits per heavy atom. The number of carbonyl (C=O) groups is 1. The van der Waals surface area contributed by atoms with E-state index in [2.05, 4.69) is 26.5 Å². The Kier molecular flexibility index (Phi) is 6.09. The molecule has 0 radical (unpaired) electrons. The molecule has 156 valence electrons. The third kappa shape index (κ3) is 4.68. The first kappa shape index (κ1) is 20.1. The maximum absolute atomic E-state index is 13.6. The number of piperidine rings is 1. The number of likely N-dealkylation sites (tertiary alicyclic amines) is 1. The second-order valence-corrected chi connectivity index (χ2v) is 7.57. The van der Waals surface area contributed by atoms with Crippen LogP contribution in [-0.2, 0) is 6.54 Å². The molecule has 3 aromatic rings. The van der Waals surface area contributed by atoms with Crippen LogP contribution in [0.15, 0.2) is 54.7 Å². The second kappa shape index (κ2) is 9.09. The van der Waals surface area contributed by atoms with Crippen LogP contribution in [-0.4, -0.2) is 47.2 Å². The van der Waals surface area contributed by atoms with Crippen molar-refractivity contribution in [2.75, 3.05) is 20.2 Å². The molecule has 1 fully saturated rings. The maximum atomic E-state index is 13.6. The summed E-state index contributed by atoms with van der Waals surface area (Å²) in [6.07, 6.45) is 3.43. The molecule has 7 heteroatoms. The van der Waals surface area contributed by atoms with Gasteiger partial charge in [-0.05, 0) is 49.2 Å². The van der Waals surface area contributed by atoms with E-state index in [1.807, 2.05) is 18.2 Å². The molecule has 0 bridgehead atoms. The number of carbonyl (C=O) groups excluding carboxylic acids is 1. The van der Waals surface area contributed by atoms with E-state index in [0.29, 0.717) is 16.8 Å². The molecule has 0 saturated carbocycles. The second-order valence-electron chi connectivity index (χ2n) is 7.57. The molecular weight excluding hydrogens is 383 g/mol. The minimum absolute atomic E-state index is 0.0483. The molecule has 1 unspecified atom stereocenters. The van der Waals surface area contributed by atoms with E-state index < -0.39 is 0 Å². The smallest absolute Gasteiger partial charge is 0.255 e. The van der Waals surface area contributed by atoms with Crippen molar-refractivity contribution in [3.63, 3.8) is 0 Å². The van der Waals surface area contributed by atoms with Gasteiger partial charge in [-0.2, -0.15) is 5.10 Å². The lowest BCUT2D eigenvalue weighted by molar-refractivity contribution is 0.0901. The number of rotatable bonds is 6. The van der Waals surface area contributed by atoms with Crippen molar-refractivity contribution >= 4 is 5.91 Å². The number of methoxy groups -OCH3 is 1. The third-order valence-corrected chi connectivity index (χ3v) is 5.38. The Bertz CT molecular complexity index is 1020. The lowest BCUT2D eigenvalue weighted by Crippen LogP contribution is -2.47. The molecule has 2 N–H and O–H groups in total. The fourth-order valence-electron chi connectivity index (χ4n) is 3.93. The van der Waals surface area contributed by atoms with Gasteiger partial charge in [0, 0.05) is 24.7 Å². The van der Waals surface area contributed by atoms with Gasteiger partial charge in [-0.25, -0.2) is 4.39 Å². The van der Waals surface area contributed by atoms with Crippen molar-refractivity contribution in [2.45, 2.75) is 25.4 Å². The average molecular weight is 408 g/mol. The molecule has 1 amide bonds. The minimum atomic E-state index is -0.353. The van der Waals surface area contributed by atoms with Crippen molar-refractivity contribution < 1.29 is 13.9 Å². The zero-order valence-electron chi connectivity index (χ0n) is 16.9. The van der Waals surface area contributed by atoms with Crippen LogP contribution < -0.4 is 10.1 Å². The van der Waals surface area contributed by atoms with Crippen LogP contribution in [0, 0.1) is 5.82 Å². The number of hydrogen-bond acceptors (Lipinski definition) is 4. The van der Waals surface area contributed by atoms with Crippen LogP contribution in [0.2, 0.25) is 0 Å². The average Bonchev–Trinajstić information content (AvgIpc) is 3.24. The molecule has 2 aromatic carbocycles. The Hall–Kier alpha value is -3.19. The van der Waals surface area contributed by atoms with Crippen molar-refractivity contribution in [2.24, 2.45) is 0 Å². The van der Waals surface area contributed by atoms with Crippen molar-refractivity contribution in [1.82, 2.24) is 20.4 Å². The van der Waals surface area contributed by atoms with E-state index in [1.165, 1.54) is 23.9 Å². The maximum Gasteiger partial charge on any atom is 0.255 e. The zero-order valence-corrected chi connectivity index (χ0v) is 16.9. The van der Waals surface area contributed by atoms with Gasteiger partial charge in [-0.3, -0.25) is 14.8 Å². The van der Waals surface area contributed by atoms with E-state index in [1.54, 1.807) is 19.2 Å². The van der Waals surface area contributed by atoms with Gasteiger partial charge in [0.1, 0.15) is 11.6 Å². The molecule has 1 aromatic heterocycles. The number of ether oxygens (including phenoxy) is 1. The lowest BCUT2D eigenvalue weighted by Gasteiger charge is -2.33. The Labute approximate surface area is 175 Å². The summed E-state index contributed by atoms with van der Waals surface area (Å²) in [5, 5.41) is 9.94. The van der Waals surface area contributed by atoms with Gasteiger partial charge >= 0.3 is 0 Å². The molecule has 30 heavy (non-hydrogen) atoms. The van der Waals surface area contributed by atoms with Gasteiger partial charge < -0.3 is 10.1 Å². The summed E-state index contributed by atoms with van der Waals surface area (Å²) in [5.41, 5.74) is 2.73. The zero-order chi connectivity index (χ0) is 20.9. The summed E-state index contributed by atoms with van der Waals surface area (Å²) in [6, 6.07) is 14.2. The Morgan fingerprint density at radius 3 is 3.00 bits per heavy atom. The predicted octanol–water partition coefficient (Wildman–Crippen LogP) is 3.62. The molecule has 2 heterocycles. The molecule has 6 nitrogen and oxygen atoms in total. The Balaban J connectivity index is 1.41. The number of halogens is 1. The van der Waals surface area contributed by atoms with Gasteiger partial charge in [0.15, 0.2) is 0 Å². The Morgan fingerprint density at radius 2 is 2.17 bits per heavy atom.